The number of imide groups is 1. The van der Waals surface area contributed by atoms with Crippen molar-refractivity contribution in [1.82, 2.24) is 15.5 Å². The molecule has 0 aliphatic carbocycles. The Hall–Kier alpha value is -1.43. The second-order valence-electron chi connectivity index (χ2n) is 5.45. The number of hydrogen-bond donors (Lipinski definition) is 2. The van der Waals surface area contributed by atoms with Crippen LogP contribution in [0.15, 0.2) is 0 Å². The van der Waals surface area contributed by atoms with E-state index in [0.29, 0.717) is 6.54 Å². The normalized spacial score (nSPS) is 13.0. The van der Waals surface area contributed by atoms with Crippen molar-refractivity contribution in [2.45, 2.75) is 66.2 Å². The Morgan fingerprint density at radius 1 is 0.957 bits per heavy atom. The van der Waals surface area contributed by atoms with Crippen molar-refractivity contribution >= 4 is 17.7 Å². The Balaban J connectivity index is 0. The van der Waals surface area contributed by atoms with Crippen LogP contribution in [0.1, 0.15) is 66.2 Å². The summed E-state index contributed by atoms with van der Waals surface area (Å²) in [5, 5.41) is 5.71. The molecule has 0 atom stereocenters. The molecule has 1 aliphatic heterocycles. The number of nitrogens with zero attached hydrogens (tertiary/aromatic N) is 1. The van der Waals surface area contributed by atoms with Gasteiger partial charge in [-0.05, 0) is 26.4 Å². The van der Waals surface area contributed by atoms with Gasteiger partial charge in [0.15, 0.2) is 0 Å². The van der Waals surface area contributed by atoms with Crippen LogP contribution in [-0.4, -0.2) is 49.3 Å². The van der Waals surface area contributed by atoms with Gasteiger partial charge < -0.3 is 10.6 Å². The number of unbranched alkanes of at least 4 members (excludes halogenated alkanes) is 1. The molecule has 0 bridgehead atoms. The van der Waals surface area contributed by atoms with Crippen LogP contribution in [-0.2, 0) is 14.4 Å². The van der Waals surface area contributed by atoms with Gasteiger partial charge in [-0.25, -0.2) is 0 Å². The average Bonchev–Trinajstić information content (AvgIpc) is 2.81. The molecule has 1 rings (SSSR count). The van der Waals surface area contributed by atoms with Gasteiger partial charge in [0, 0.05) is 19.4 Å². The zero-order valence-electron chi connectivity index (χ0n) is 15.5. The highest BCUT2D eigenvalue weighted by Gasteiger charge is 2.30. The van der Waals surface area contributed by atoms with E-state index >= 15 is 0 Å². The largest absolute Gasteiger partial charge is 0.355 e. The standard InChI is InChI=1S/C11H19N3O3.2C3H8/c1-12-6-2-3-7-13-9(15)8-14-10(16)4-5-11(14)17;2*1-3-2/h12H,2-8H2,1H3,(H,13,15);2*3H2,1-2H3. The molecule has 1 fully saturated rings. The molecular formula is C17H35N3O3. The first-order valence-corrected chi connectivity index (χ1v) is 8.72. The van der Waals surface area contributed by atoms with Gasteiger partial charge >= 0.3 is 0 Å². The summed E-state index contributed by atoms with van der Waals surface area (Å²) in [4.78, 5) is 35.0. The number of amides is 3. The monoisotopic (exact) mass is 329 g/mol. The third kappa shape index (κ3) is 13.9. The summed E-state index contributed by atoms with van der Waals surface area (Å²) in [6.45, 7) is 9.86. The minimum atomic E-state index is -0.266. The van der Waals surface area contributed by atoms with Gasteiger partial charge in [-0.15, -0.1) is 0 Å². The highest BCUT2D eigenvalue weighted by Crippen LogP contribution is 2.10. The van der Waals surface area contributed by atoms with Crippen LogP contribution in [0.25, 0.3) is 0 Å². The molecule has 6 nitrogen and oxygen atoms in total. The van der Waals surface area contributed by atoms with Crippen LogP contribution >= 0.6 is 0 Å². The minimum Gasteiger partial charge on any atom is -0.355 e. The Morgan fingerprint density at radius 3 is 1.83 bits per heavy atom. The van der Waals surface area contributed by atoms with E-state index in [4.69, 9.17) is 0 Å². The van der Waals surface area contributed by atoms with E-state index in [0.717, 1.165) is 24.3 Å². The maximum Gasteiger partial charge on any atom is 0.240 e. The summed E-state index contributed by atoms with van der Waals surface area (Å²) in [6, 6.07) is 0. The third-order valence-electron chi connectivity index (χ3n) is 2.63. The van der Waals surface area contributed by atoms with Crippen LogP contribution in [0.5, 0.6) is 0 Å². The molecule has 0 saturated carbocycles. The summed E-state index contributed by atoms with van der Waals surface area (Å²) < 4.78 is 0. The maximum atomic E-state index is 11.4. The Labute approximate surface area is 141 Å². The minimum absolute atomic E-state index is 0.135. The molecule has 0 unspecified atom stereocenters. The molecule has 136 valence electrons. The molecule has 3 amide bonds. The van der Waals surface area contributed by atoms with Crippen LogP contribution in [0.3, 0.4) is 0 Å². The fraction of sp³-hybridized carbons (Fsp3) is 0.824. The average molecular weight is 329 g/mol. The molecule has 23 heavy (non-hydrogen) atoms. The van der Waals surface area contributed by atoms with Crippen molar-refractivity contribution in [3.63, 3.8) is 0 Å². The smallest absolute Gasteiger partial charge is 0.240 e. The number of likely N-dealkylation sites (tertiary alicyclic amines) is 1. The van der Waals surface area contributed by atoms with Gasteiger partial charge in [0.2, 0.25) is 17.7 Å². The predicted octanol–water partition coefficient (Wildman–Crippen LogP) is 2.08. The maximum absolute atomic E-state index is 11.4. The Kier molecular flexibility index (Phi) is 17.5. The number of nitrogens with one attached hydrogen (secondary N) is 2. The summed E-state index contributed by atoms with van der Waals surface area (Å²) in [6.07, 6.45) is 4.83. The summed E-state index contributed by atoms with van der Waals surface area (Å²) >= 11 is 0. The fourth-order valence-electron chi connectivity index (χ4n) is 1.65. The van der Waals surface area contributed by atoms with Gasteiger partial charge in [0.05, 0.1) is 0 Å². The predicted molar refractivity (Wildman–Crippen MR) is 94.1 cm³/mol. The number of carbonyl (C=O) groups is 3. The van der Waals surface area contributed by atoms with Crippen molar-refractivity contribution in [3.8, 4) is 0 Å². The first-order chi connectivity index (χ1) is 11.0. The fourth-order valence-corrected chi connectivity index (χ4v) is 1.65. The van der Waals surface area contributed by atoms with Crippen molar-refractivity contribution in [2.75, 3.05) is 26.7 Å². The molecule has 1 saturated heterocycles. The SMILES string of the molecule is CCC.CCC.CNCCCCNC(=O)CN1C(=O)CCC1=O. The lowest BCUT2D eigenvalue weighted by Crippen LogP contribution is -2.40. The van der Waals surface area contributed by atoms with E-state index in [9.17, 15) is 14.4 Å². The van der Waals surface area contributed by atoms with E-state index in [1.165, 1.54) is 12.8 Å². The molecule has 0 aromatic heterocycles. The molecule has 0 aromatic rings. The lowest BCUT2D eigenvalue weighted by molar-refractivity contribution is -0.142. The third-order valence-corrected chi connectivity index (χ3v) is 2.63. The first-order valence-electron chi connectivity index (χ1n) is 8.72. The van der Waals surface area contributed by atoms with E-state index in [1.807, 2.05) is 7.05 Å². The van der Waals surface area contributed by atoms with Gasteiger partial charge in [0.1, 0.15) is 6.54 Å². The van der Waals surface area contributed by atoms with Crippen LogP contribution in [0, 0.1) is 0 Å². The molecular weight excluding hydrogens is 294 g/mol. The van der Waals surface area contributed by atoms with Gasteiger partial charge in [0.25, 0.3) is 0 Å². The highest BCUT2D eigenvalue weighted by atomic mass is 16.2. The van der Waals surface area contributed by atoms with E-state index in [-0.39, 0.29) is 37.1 Å². The van der Waals surface area contributed by atoms with Crippen molar-refractivity contribution in [2.24, 2.45) is 0 Å². The lowest BCUT2D eigenvalue weighted by atomic mass is 10.3. The van der Waals surface area contributed by atoms with Gasteiger partial charge in [-0.1, -0.05) is 40.5 Å². The zero-order chi connectivity index (χ0) is 18.1. The topological polar surface area (TPSA) is 78.5 Å². The lowest BCUT2D eigenvalue weighted by Gasteiger charge is -2.13. The summed E-state index contributed by atoms with van der Waals surface area (Å²) in [7, 11) is 1.88. The Morgan fingerprint density at radius 2 is 1.39 bits per heavy atom. The molecule has 1 aliphatic rings. The molecule has 6 heteroatoms. The second kappa shape index (κ2) is 16.9. The van der Waals surface area contributed by atoms with Gasteiger partial charge in [-0.2, -0.15) is 0 Å². The molecule has 2 N–H and O–H groups in total. The summed E-state index contributed by atoms with van der Waals surface area (Å²) in [5.74, 6) is -0.765. The second-order valence-corrected chi connectivity index (χ2v) is 5.45. The molecule has 1 heterocycles. The van der Waals surface area contributed by atoms with E-state index in [1.54, 1.807) is 0 Å². The van der Waals surface area contributed by atoms with Crippen LogP contribution < -0.4 is 10.6 Å². The van der Waals surface area contributed by atoms with Crippen molar-refractivity contribution in [1.29, 1.82) is 0 Å². The first kappa shape index (κ1) is 23.8. The molecule has 0 aromatic carbocycles. The number of rotatable bonds is 7. The van der Waals surface area contributed by atoms with Crippen LogP contribution in [0.4, 0.5) is 0 Å². The number of hydrogen-bond acceptors (Lipinski definition) is 4. The Bertz CT molecular complexity index is 315. The zero-order valence-corrected chi connectivity index (χ0v) is 15.5. The molecule has 0 radical (unpaired) electrons. The van der Waals surface area contributed by atoms with E-state index < -0.39 is 0 Å². The van der Waals surface area contributed by atoms with Crippen molar-refractivity contribution in [3.05, 3.63) is 0 Å². The van der Waals surface area contributed by atoms with Crippen LogP contribution in [0.2, 0.25) is 0 Å². The van der Waals surface area contributed by atoms with Gasteiger partial charge in [-0.3, -0.25) is 19.3 Å². The van der Waals surface area contributed by atoms with E-state index in [2.05, 4.69) is 38.3 Å². The quantitative estimate of drug-likeness (QED) is 0.554. The number of carbonyl (C=O) groups excluding carboxylic acids is 3. The molecule has 0 spiro atoms. The highest BCUT2D eigenvalue weighted by molar-refractivity contribution is 6.04. The van der Waals surface area contributed by atoms with Crippen molar-refractivity contribution < 1.29 is 14.4 Å². The summed E-state index contributed by atoms with van der Waals surface area (Å²) in [5.41, 5.74) is 0.